The summed E-state index contributed by atoms with van der Waals surface area (Å²) < 4.78 is 37.0. The number of hydrogen-bond acceptors (Lipinski definition) is 3. The molecule has 0 aliphatic carbocycles. The fraction of sp³-hybridized carbons (Fsp3) is 0.525. The van der Waals surface area contributed by atoms with Crippen LogP contribution in [0.4, 0.5) is 0 Å². The molecule has 1 aromatic carbocycles. The highest BCUT2D eigenvalue weighted by atomic mass is 32.2. The lowest BCUT2D eigenvalue weighted by Crippen LogP contribution is -2.27. The van der Waals surface area contributed by atoms with Gasteiger partial charge >= 0.3 is 0 Å². The summed E-state index contributed by atoms with van der Waals surface area (Å²) in [6, 6.07) is 20.5. The molecule has 4 rings (SSSR count). The topological polar surface area (TPSA) is 68.8 Å². The summed E-state index contributed by atoms with van der Waals surface area (Å²) in [7, 11) is 1.84. The molecule has 0 bridgehead atoms. The van der Waals surface area contributed by atoms with E-state index >= 15 is 0 Å². The average molecular weight is 670 g/mol. The molecule has 0 spiro atoms. The van der Waals surface area contributed by atoms with Crippen LogP contribution >= 0.6 is 0 Å². The second-order valence-corrected chi connectivity index (χ2v) is 14.1. The SMILES string of the molecule is CCCC.CCCC.CCCC.C[n+]1ccc(C(C)(C)C)cc1.C[n+]1cccc(CCS(=O)(=O)[O-])c1.C[n+]1cccc2ccccc21. The molecule has 7 heteroatoms. The minimum atomic E-state index is -4.09. The summed E-state index contributed by atoms with van der Waals surface area (Å²) in [5.74, 6) is -0.336. The van der Waals surface area contributed by atoms with Crippen molar-refractivity contribution in [3.8, 4) is 0 Å². The molecule has 0 saturated carbocycles. The summed E-state index contributed by atoms with van der Waals surface area (Å²) in [5.41, 5.74) is 3.78. The Morgan fingerprint density at radius 1 is 0.617 bits per heavy atom. The molecule has 4 aromatic rings. The Balaban J connectivity index is 0. The third-order valence-corrected chi connectivity index (χ3v) is 7.59. The lowest BCUT2D eigenvalue weighted by Gasteiger charge is -2.17. The molecular formula is C40H67N3O3S+2. The summed E-state index contributed by atoms with van der Waals surface area (Å²) in [6.07, 6.45) is 18.1. The smallest absolute Gasteiger partial charge is 0.212 e. The van der Waals surface area contributed by atoms with E-state index in [0.717, 1.165) is 5.56 Å². The minimum Gasteiger partial charge on any atom is -0.748 e. The normalized spacial score (nSPS) is 10.2. The first kappa shape index (κ1) is 46.0. The Morgan fingerprint density at radius 2 is 1.09 bits per heavy atom. The van der Waals surface area contributed by atoms with E-state index in [2.05, 4.69) is 146 Å². The van der Waals surface area contributed by atoms with E-state index in [1.54, 1.807) is 12.3 Å². The number of pyridine rings is 3. The molecule has 0 fully saturated rings. The van der Waals surface area contributed by atoms with Gasteiger partial charge in [0, 0.05) is 47.0 Å². The summed E-state index contributed by atoms with van der Waals surface area (Å²) in [6.45, 7) is 19.8. The van der Waals surface area contributed by atoms with Crippen LogP contribution in [0.5, 0.6) is 0 Å². The number of rotatable bonds is 6. The quantitative estimate of drug-likeness (QED) is 0.153. The third-order valence-electron chi connectivity index (χ3n) is 6.89. The van der Waals surface area contributed by atoms with Crippen LogP contribution in [0.15, 0.2) is 91.6 Å². The number of hydrogen-bond donors (Lipinski definition) is 0. The van der Waals surface area contributed by atoms with Gasteiger partial charge in [-0.2, -0.15) is 0 Å². The van der Waals surface area contributed by atoms with Gasteiger partial charge in [0.2, 0.25) is 5.52 Å². The van der Waals surface area contributed by atoms with Gasteiger partial charge in [-0.1, -0.05) is 113 Å². The van der Waals surface area contributed by atoms with Crippen LogP contribution in [0.1, 0.15) is 112 Å². The molecule has 0 amide bonds. The van der Waals surface area contributed by atoms with Gasteiger partial charge in [-0.05, 0) is 35.6 Å². The van der Waals surface area contributed by atoms with Gasteiger partial charge < -0.3 is 4.55 Å². The van der Waals surface area contributed by atoms with Gasteiger partial charge in [-0.3, -0.25) is 0 Å². The van der Waals surface area contributed by atoms with Gasteiger partial charge in [0.05, 0.1) is 10.1 Å². The van der Waals surface area contributed by atoms with Crippen molar-refractivity contribution >= 4 is 21.0 Å². The number of unbranched alkanes of at least 4 members (excludes halogenated alkanes) is 3. The Kier molecular flexibility index (Phi) is 26.3. The van der Waals surface area contributed by atoms with Crippen LogP contribution in [0.3, 0.4) is 0 Å². The van der Waals surface area contributed by atoms with E-state index in [9.17, 15) is 13.0 Å². The number of nitrogens with zero attached hydrogens (tertiary/aromatic N) is 3. The molecule has 0 saturated heterocycles. The molecule has 0 atom stereocenters. The predicted molar refractivity (Wildman–Crippen MR) is 199 cm³/mol. The number of fused-ring (bicyclic) bond motifs is 1. The standard InChI is InChI=1S/C10H10N.C10H16N.C8H11NO3S.3C4H10/c1-11-8-4-6-9-5-2-3-7-10(9)11;1-10(2,3)9-5-7-11(4)8-6-9;1-9-5-2-3-8(7-9)4-6-13(10,11)12;3*1-3-4-2/h2-8H,1H3;5-8H,1-4H3;2-3,5,7H,4,6H2,1H3;3*3-4H2,1-2H3/q2*+1;;;;. The van der Waals surface area contributed by atoms with Crippen molar-refractivity contribution in [3.05, 3.63) is 103 Å². The highest BCUT2D eigenvalue weighted by Gasteiger charge is 2.13. The maximum atomic E-state index is 10.3. The van der Waals surface area contributed by atoms with Crippen molar-refractivity contribution in [2.24, 2.45) is 21.1 Å². The fourth-order valence-electron chi connectivity index (χ4n) is 3.35. The lowest BCUT2D eigenvalue weighted by atomic mass is 9.88. The number of aryl methyl sites for hydroxylation is 4. The Bertz CT molecular complexity index is 1410. The molecule has 3 aromatic heterocycles. The maximum absolute atomic E-state index is 10.3. The first-order valence-electron chi connectivity index (χ1n) is 17.3. The van der Waals surface area contributed by atoms with E-state index in [1.165, 1.54) is 55.0 Å². The number of para-hydroxylation sites is 1. The molecule has 0 N–H and O–H groups in total. The molecule has 0 aliphatic rings. The van der Waals surface area contributed by atoms with Crippen LogP contribution in [-0.4, -0.2) is 18.7 Å². The van der Waals surface area contributed by atoms with Crippen LogP contribution in [-0.2, 0) is 43.1 Å². The van der Waals surface area contributed by atoms with Gasteiger partial charge in [0.15, 0.2) is 31.0 Å². The fourth-order valence-corrected chi connectivity index (χ4v) is 3.83. The first-order valence-corrected chi connectivity index (χ1v) is 18.8. The van der Waals surface area contributed by atoms with E-state index in [1.807, 2.05) is 30.9 Å². The van der Waals surface area contributed by atoms with Gasteiger partial charge in [-0.25, -0.2) is 22.1 Å². The monoisotopic (exact) mass is 669 g/mol. The largest absolute Gasteiger partial charge is 0.748 e. The summed E-state index contributed by atoms with van der Waals surface area (Å²) >= 11 is 0. The third kappa shape index (κ3) is 25.6. The van der Waals surface area contributed by atoms with Crippen molar-refractivity contribution in [2.75, 3.05) is 5.75 Å². The van der Waals surface area contributed by atoms with Gasteiger partial charge in [0.1, 0.15) is 21.1 Å². The highest BCUT2D eigenvalue weighted by Crippen LogP contribution is 2.19. The van der Waals surface area contributed by atoms with Crippen molar-refractivity contribution in [3.63, 3.8) is 0 Å². The second kappa shape index (κ2) is 26.9. The van der Waals surface area contributed by atoms with Crippen molar-refractivity contribution < 1.29 is 26.7 Å². The molecule has 0 unspecified atom stereocenters. The van der Waals surface area contributed by atoms with Gasteiger partial charge in [0.25, 0.3) is 0 Å². The number of aromatic nitrogens is 3. The van der Waals surface area contributed by atoms with Crippen LogP contribution in [0.25, 0.3) is 10.9 Å². The van der Waals surface area contributed by atoms with Crippen molar-refractivity contribution in [1.29, 1.82) is 0 Å². The summed E-state index contributed by atoms with van der Waals surface area (Å²) in [5, 5.41) is 1.29. The second-order valence-electron chi connectivity index (χ2n) is 12.6. The van der Waals surface area contributed by atoms with E-state index in [0.29, 0.717) is 0 Å². The van der Waals surface area contributed by atoms with Crippen LogP contribution < -0.4 is 13.7 Å². The average Bonchev–Trinajstić information content (AvgIpc) is 3.04. The predicted octanol–water partition coefficient (Wildman–Crippen LogP) is 8.49. The molecule has 0 aliphatic heterocycles. The van der Waals surface area contributed by atoms with Crippen molar-refractivity contribution in [2.45, 2.75) is 113 Å². The molecule has 3 heterocycles. The highest BCUT2D eigenvalue weighted by molar-refractivity contribution is 7.85. The summed E-state index contributed by atoms with van der Waals surface area (Å²) in [4.78, 5) is 0. The minimum absolute atomic E-state index is 0.272. The molecule has 264 valence electrons. The van der Waals surface area contributed by atoms with Gasteiger partial charge in [-0.15, -0.1) is 0 Å². The lowest BCUT2D eigenvalue weighted by molar-refractivity contribution is -0.671. The molecule has 0 radical (unpaired) electrons. The Morgan fingerprint density at radius 3 is 1.51 bits per heavy atom. The molecular weight excluding hydrogens is 603 g/mol. The van der Waals surface area contributed by atoms with E-state index < -0.39 is 10.1 Å². The van der Waals surface area contributed by atoms with Crippen LogP contribution in [0.2, 0.25) is 0 Å². The van der Waals surface area contributed by atoms with Crippen LogP contribution in [0, 0.1) is 0 Å². The first-order chi connectivity index (χ1) is 22.1. The van der Waals surface area contributed by atoms with Crippen molar-refractivity contribution in [1.82, 2.24) is 0 Å². The zero-order valence-corrected chi connectivity index (χ0v) is 32.6. The maximum Gasteiger partial charge on any atom is 0.212 e. The van der Waals surface area contributed by atoms with E-state index in [-0.39, 0.29) is 17.6 Å². The van der Waals surface area contributed by atoms with E-state index in [4.69, 9.17) is 0 Å². The molecule has 47 heavy (non-hydrogen) atoms. The Labute approximate surface area is 289 Å². The zero-order valence-electron chi connectivity index (χ0n) is 31.8. The Hall–Kier alpha value is -3.16. The molecule has 6 nitrogen and oxygen atoms in total. The number of benzene rings is 1. The zero-order chi connectivity index (χ0) is 36.3.